The van der Waals surface area contributed by atoms with Gasteiger partial charge in [0.1, 0.15) is 5.82 Å². The van der Waals surface area contributed by atoms with E-state index >= 15 is 0 Å². The highest BCUT2D eigenvalue weighted by Crippen LogP contribution is 2.21. The van der Waals surface area contributed by atoms with E-state index in [2.05, 4.69) is 0 Å². The molecule has 0 aromatic carbocycles. The predicted molar refractivity (Wildman–Crippen MR) is 46.1 cm³/mol. The van der Waals surface area contributed by atoms with Gasteiger partial charge in [-0.05, 0) is 13.8 Å². The van der Waals surface area contributed by atoms with Crippen LogP contribution in [0.1, 0.15) is 13.8 Å². The van der Waals surface area contributed by atoms with Crippen LogP contribution in [-0.4, -0.2) is 34.4 Å². The Labute approximate surface area is 72.2 Å². The second-order valence-electron chi connectivity index (χ2n) is 3.23. The van der Waals surface area contributed by atoms with Crippen molar-refractivity contribution >= 4 is 0 Å². The highest BCUT2D eigenvalue weighted by molar-refractivity contribution is 5.15. The van der Waals surface area contributed by atoms with Crippen LogP contribution in [0.2, 0.25) is 0 Å². The molecule has 0 radical (unpaired) electrons. The van der Waals surface area contributed by atoms with Gasteiger partial charge in [0, 0.05) is 13.1 Å². The molecule has 5 heteroatoms. The van der Waals surface area contributed by atoms with Gasteiger partial charge in [0.15, 0.2) is 6.23 Å². The molecule has 0 amide bonds. The fourth-order valence-electron chi connectivity index (χ4n) is 1.40. The number of likely N-dealkylation sites (N-methyl/N-ethyl adjacent to an activating group) is 1. The normalized spacial score (nSPS) is 26.1. The Bertz CT molecular complexity index is 213. The maximum Gasteiger partial charge on any atom is 0.167 e. The largest absolute Gasteiger partial charge is 0.396 e. The van der Waals surface area contributed by atoms with E-state index in [1.165, 1.54) is 0 Å². The Hall–Kier alpha value is -0.940. The molecule has 1 heterocycles. The summed E-state index contributed by atoms with van der Waals surface area (Å²) in [5.41, 5.74) is 11.6. The molecule has 1 unspecified atom stereocenters. The minimum Gasteiger partial charge on any atom is -0.396 e. The fraction of sp³-hybridized carbons (Fsp3) is 0.714. The van der Waals surface area contributed by atoms with Crippen LogP contribution in [0, 0.1) is 0 Å². The summed E-state index contributed by atoms with van der Waals surface area (Å²) in [7, 11) is 1.75. The zero-order chi connectivity index (χ0) is 9.46. The Morgan fingerprint density at radius 3 is 2.08 bits per heavy atom. The monoisotopic (exact) mass is 172 g/mol. The van der Waals surface area contributed by atoms with Crippen LogP contribution < -0.4 is 11.5 Å². The number of rotatable bonds is 1. The molecule has 1 atom stereocenters. The first-order valence-corrected chi connectivity index (χ1v) is 3.92. The summed E-state index contributed by atoms with van der Waals surface area (Å²) >= 11 is 0. The highest BCUT2D eigenvalue weighted by atomic mass is 16.3. The van der Waals surface area contributed by atoms with Gasteiger partial charge in [-0.1, -0.05) is 0 Å². The molecule has 0 aromatic rings. The molecular weight excluding hydrogens is 156 g/mol. The molecule has 12 heavy (non-hydrogen) atoms. The molecule has 0 aliphatic carbocycles. The van der Waals surface area contributed by atoms with Gasteiger partial charge >= 0.3 is 0 Å². The summed E-state index contributed by atoms with van der Waals surface area (Å²) in [6, 6.07) is 0.200. The number of hydrogen-bond acceptors (Lipinski definition) is 5. The molecule has 0 aromatic heterocycles. The van der Waals surface area contributed by atoms with E-state index in [4.69, 9.17) is 11.5 Å². The molecule has 70 valence electrons. The zero-order valence-corrected chi connectivity index (χ0v) is 7.65. The van der Waals surface area contributed by atoms with Crippen molar-refractivity contribution < 1.29 is 5.11 Å². The lowest BCUT2D eigenvalue weighted by molar-refractivity contribution is -0.0736. The zero-order valence-electron chi connectivity index (χ0n) is 7.65. The molecule has 0 spiro atoms. The first kappa shape index (κ1) is 9.15. The van der Waals surface area contributed by atoms with Gasteiger partial charge in [0.2, 0.25) is 0 Å². The Morgan fingerprint density at radius 2 is 1.92 bits per heavy atom. The molecule has 5 N–H and O–H groups in total. The quantitative estimate of drug-likeness (QED) is 0.471. The highest BCUT2D eigenvalue weighted by Gasteiger charge is 2.33. The summed E-state index contributed by atoms with van der Waals surface area (Å²) in [6.45, 7) is 3.96. The molecule has 0 saturated heterocycles. The third kappa shape index (κ3) is 1.11. The van der Waals surface area contributed by atoms with Gasteiger partial charge in [-0.3, -0.25) is 5.01 Å². The summed E-state index contributed by atoms with van der Waals surface area (Å²) in [5, 5.41) is 12.9. The fourth-order valence-corrected chi connectivity index (χ4v) is 1.40. The number of nitrogens with zero attached hydrogens (tertiary/aromatic N) is 2. The molecule has 0 fully saturated rings. The van der Waals surface area contributed by atoms with Crippen molar-refractivity contribution in [2.75, 3.05) is 7.05 Å². The summed E-state index contributed by atoms with van der Waals surface area (Å²) in [4.78, 5) is 0. The number of aliphatic hydroxyl groups excluding tert-OH is 1. The lowest BCUT2D eigenvalue weighted by Crippen LogP contribution is -2.44. The van der Waals surface area contributed by atoms with Crippen LogP contribution in [0.25, 0.3) is 0 Å². The average molecular weight is 172 g/mol. The summed E-state index contributed by atoms with van der Waals surface area (Å²) < 4.78 is 0. The first-order chi connectivity index (χ1) is 5.46. The number of hydrogen-bond donors (Lipinski definition) is 3. The SMILES string of the molecule is CC(C)N1C(N)=C(N)C(O)N1C. The standard InChI is InChI=1S/C7H16N4O/c1-4(2)11-6(9)5(8)7(12)10(11)3/h4,7,12H,8-9H2,1-3H3. The minimum absolute atomic E-state index is 0.200. The number of nitrogens with two attached hydrogens (primary N) is 2. The van der Waals surface area contributed by atoms with E-state index in [-0.39, 0.29) is 6.04 Å². The smallest absolute Gasteiger partial charge is 0.167 e. The van der Waals surface area contributed by atoms with Crippen LogP contribution in [-0.2, 0) is 0 Å². The van der Waals surface area contributed by atoms with Gasteiger partial charge in [-0.2, -0.15) is 5.01 Å². The van der Waals surface area contributed by atoms with Crippen molar-refractivity contribution in [3.05, 3.63) is 11.5 Å². The Balaban J connectivity index is 2.91. The average Bonchev–Trinajstić information content (AvgIpc) is 2.16. The van der Waals surface area contributed by atoms with Crippen molar-refractivity contribution in [1.82, 2.24) is 10.0 Å². The van der Waals surface area contributed by atoms with E-state index in [0.717, 1.165) is 0 Å². The summed E-state index contributed by atoms with van der Waals surface area (Å²) in [6.07, 6.45) is -0.785. The maximum atomic E-state index is 9.48. The predicted octanol–water partition coefficient (Wildman–Crippen LogP) is -1.04. The summed E-state index contributed by atoms with van der Waals surface area (Å²) in [5.74, 6) is 0.444. The number of aliphatic hydroxyl groups is 1. The lowest BCUT2D eigenvalue weighted by atomic mass is 10.4. The van der Waals surface area contributed by atoms with Crippen molar-refractivity contribution in [1.29, 1.82) is 0 Å². The van der Waals surface area contributed by atoms with E-state index in [0.29, 0.717) is 11.5 Å². The minimum atomic E-state index is -0.785. The van der Waals surface area contributed by atoms with Crippen LogP contribution in [0.5, 0.6) is 0 Å². The van der Waals surface area contributed by atoms with Gasteiger partial charge in [-0.25, -0.2) is 0 Å². The van der Waals surface area contributed by atoms with Crippen LogP contribution >= 0.6 is 0 Å². The Morgan fingerprint density at radius 1 is 1.42 bits per heavy atom. The number of hydrazine groups is 1. The second kappa shape index (κ2) is 2.84. The lowest BCUT2D eigenvalue weighted by Gasteiger charge is -2.32. The third-order valence-electron chi connectivity index (χ3n) is 2.00. The van der Waals surface area contributed by atoms with Gasteiger partial charge in [0.05, 0.1) is 5.70 Å². The first-order valence-electron chi connectivity index (χ1n) is 3.92. The second-order valence-corrected chi connectivity index (χ2v) is 3.23. The van der Waals surface area contributed by atoms with E-state index in [1.54, 1.807) is 17.1 Å². The van der Waals surface area contributed by atoms with Crippen molar-refractivity contribution in [2.45, 2.75) is 26.1 Å². The van der Waals surface area contributed by atoms with Crippen LogP contribution in [0.15, 0.2) is 11.5 Å². The van der Waals surface area contributed by atoms with Crippen molar-refractivity contribution in [3.63, 3.8) is 0 Å². The van der Waals surface area contributed by atoms with Crippen molar-refractivity contribution in [2.24, 2.45) is 11.5 Å². The van der Waals surface area contributed by atoms with E-state index < -0.39 is 6.23 Å². The molecule has 1 aliphatic rings. The Kier molecular flexibility index (Phi) is 2.16. The molecule has 5 nitrogen and oxygen atoms in total. The third-order valence-corrected chi connectivity index (χ3v) is 2.00. The van der Waals surface area contributed by atoms with Crippen molar-refractivity contribution in [3.8, 4) is 0 Å². The van der Waals surface area contributed by atoms with E-state index in [1.807, 2.05) is 13.8 Å². The molecule has 1 rings (SSSR count). The molecule has 0 bridgehead atoms. The van der Waals surface area contributed by atoms with Crippen LogP contribution in [0.4, 0.5) is 0 Å². The van der Waals surface area contributed by atoms with Gasteiger partial charge in [0.25, 0.3) is 0 Å². The molecule has 0 saturated carbocycles. The molecular formula is C7H16N4O. The topological polar surface area (TPSA) is 78.8 Å². The van der Waals surface area contributed by atoms with Gasteiger partial charge < -0.3 is 16.6 Å². The van der Waals surface area contributed by atoms with Gasteiger partial charge in [-0.15, -0.1) is 0 Å². The van der Waals surface area contributed by atoms with E-state index in [9.17, 15) is 5.11 Å². The maximum absolute atomic E-state index is 9.48. The molecule has 1 aliphatic heterocycles. The van der Waals surface area contributed by atoms with Crippen LogP contribution in [0.3, 0.4) is 0 Å².